The highest BCUT2D eigenvalue weighted by atomic mass is 32.1. The summed E-state index contributed by atoms with van der Waals surface area (Å²) in [6.07, 6.45) is 3.09. The average molecular weight is 311 g/mol. The maximum absolute atomic E-state index is 11.3. The molecule has 3 aromatic heterocycles. The summed E-state index contributed by atoms with van der Waals surface area (Å²) in [6, 6.07) is 5.46. The molecule has 0 bridgehead atoms. The first-order valence-electron chi connectivity index (χ1n) is 6.24. The first-order chi connectivity index (χ1) is 10.7. The number of rotatable bonds is 4. The maximum Gasteiger partial charge on any atom is 0.356 e. The fourth-order valence-electron chi connectivity index (χ4n) is 1.91. The number of carboxylic acid groups (broad SMARTS) is 1. The summed E-state index contributed by atoms with van der Waals surface area (Å²) in [6.45, 7) is 0.344. The predicted molar refractivity (Wildman–Crippen MR) is 80.7 cm³/mol. The molecule has 2 N–H and O–H groups in total. The zero-order chi connectivity index (χ0) is 15.5. The SMILES string of the molecule is N#Cc1cncc(CNc2nc(C(=O)O)c3sccc3n2)c1. The van der Waals surface area contributed by atoms with Crippen LogP contribution in [0.5, 0.6) is 0 Å². The summed E-state index contributed by atoms with van der Waals surface area (Å²) in [5, 5.41) is 22.8. The molecular formula is C14H9N5O2S. The van der Waals surface area contributed by atoms with E-state index in [0.29, 0.717) is 22.3 Å². The smallest absolute Gasteiger partial charge is 0.356 e. The van der Waals surface area contributed by atoms with Gasteiger partial charge in [0.15, 0.2) is 5.69 Å². The number of anilines is 1. The number of thiophene rings is 1. The zero-order valence-corrected chi connectivity index (χ0v) is 12.0. The summed E-state index contributed by atoms with van der Waals surface area (Å²) >= 11 is 1.29. The van der Waals surface area contributed by atoms with Crippen LogP contribution in [0.1, 0.15) is 21.6 Å². The Labute approximate surface area is 128 Å². The van der Waals surface area contributed by atoms with Crippen LogP contribution in [0.3, 0.4) is 0 Å². The molecule has 22 heavy (non-hydrogen) atoms. The molecular weight excluding hydrogens is 302 g/mol. The normalized spacial score (nSPS) is 10.3. The minimum absolute atomic E-state index is 0.0219. The number of aromatic carboxylic acids is 1. The molecule has 0 aliphatic rings. The van der Waals surface area contributed by atoms with Gasteiger partial charge in [0, 0.05) is 18.9 Å². The monoisotopic (exact) mass is 311 g/mol. The molecule has 0 unspecified atom stereocenters. The number of hydrogen-bond donors (Lipinski definition) is 2. The van der Waals surface area contributed by atoms with E-state index in [1.807, 2.05) is 6.07 Å². The molecule has 0 spiro atoms. The third kappa shape index (κ3) is 2.70. The van der Waals surface area contributed by atoms with E-state index in [0.717, 1.165) is 5.56 Å². The molecule has 0 aliphatic carbocycles. The van der Waals surface area contributed by atoms with Crippen molar-refractivity contribution in [3.63, 3.8) is 0 Å². The Morgan fingerprint density at radius 3 is 3.05 bits per heavy atom. The van der Waals surface area contributed by atoms with Gasteiger partial charge in [-0.3, -0.25) is 4.98 Å². The summed E-state index contributed by atoms with van der Waals surface area (Å²) in [5.41, 5.74) is 1.81. The van der Waals surface area contributed by atoms with E-state index in [9.17, 15) is 9.90 Å². The molecule has 0 saturated carbocycles. The quantitative estimate of drug-likeness (QED) is 0.760. The van der Waals surface area contributed by atoms with Crippen LogP contribution in [0.4, 0.5) is 5.95 Å². The van der Waals surface area contributed by atoms with Gasteiger partial charge in [-0.1, -0.05) is 0 Å². The fourth-order valence-corrected chi connectivity index (χ4v) is 2.73. The first-order valence-corrected chi connectivity index (χ1v) is 7.12. The van der Waals surface area contributed by atoms with E-state index in [-0.39, 0.29) is 11.6 Å². The summed E-state index contributed by atoms with van der Waals surface area (Å²) in [4.78, 5) is 23.5. The fraction of sp³-hybridized carbons (Fsp3) is 0.0714. The molecule has 0 radical (unpaired) electrons. The second-order valence-corrected chi connectivity index (χ2v) is 5.30. The van der Waals surface area contributed by atoms with Crippen molar-refractivity contribution >= 4 is 33.5 Å². The highest BCUT2D eigenvalue weighted by molar-refractivity contribution is 7.17. The van der Waals surface area contributed by atoms with Crippen molar-refractivity contribution < 1.29 is 9.90 Å². The van der Waals surface area contributed by atoms with Crippen molar-refractivity contribution in [2.45, 2.75) is 6.54 Å². The topological polar surface area (TPSA) is 112 Å². The van der Waals surface area contributed by atoms with Gasteiger partial charge >= 0.3 is 5.97 Å². The van der Waals surface area contributed by atoms with Crippen LogP contribution in [-0.2, 0) is 6.54 Å². The number of aromatic nitrogens is 3. The summed E-state index contributed by atoms with van der Waals surface area (Å²) < 4.78 is 0.547. The van der Waals surface area contributed by atoms with E-state index >= 15 is 0 Å². The lowest BCUT2D eigenvalue weighted by atomic mass is 10.2. The van der Waals surface area contributed by atoms with Crippen LogP contribution >= 0.6 is 11.3 Å². The van der Waals surface area contributed by atoms with Gasteiger partial charge in [0.05, 0.1) is 15.8 Å². The number of nitrogens with zero attached hydrogens (tertiary/aromatic N) is 4. The molecule has 3 heterocycles. The molecule has 3 rings (SSSR count). The van der Waals surface area contributed by atoms with Crippen molar-refractivity contribution in [2.75, 3.05) is 5.32 Å². The number of pyridine rings is 1. The van der Waals surface area contributed by atoms with Crippen LogP contribution in [0.2, 0.25) is 0 Å². The summed E-state index contributed by atoms with van der Waals surface area (Å²) in [7, 11) is 0. The van der Waals surface area contributed by atoms with Gasteiger partial charge in [0.1, 0.15) is 6.07 Å². The van der Waals surface area contributed by atoms with Crippen molar-refractivity contribution in [3.8, 4) is 6.07 Å². The van der Waals surface area contributed by atoms with Gasteiger partial charge in [0.25, 0.3) is 0 Å². The highest BCUT2D eigenvalue weighted by Crippen LogP contribution is 2.23. The molecule has 7 nitrogen and oxygen atoms in total. The van der Waals surface area contributed by atoms with Crippen molar-refractivity contribution in [2.24, 2.45) is 0 Å². The van der Waals surface area contributed by atoms with Gasteiger partial charge in [-0.15, -0.1) is 11.3 Å². The van der Waals surface area contributed by atoms with E-state index in [4.69, 9.17) is 5.26 Å². The number of fused-ring (bicyclic) bond motifs is 1. The number of nitrogens with one attached hydrogen (secondary N) is 1. The van der Waals surface area contributed by atoms with Gasteiger partial charge in [-0.2, -0.15) is 5.26 Å². The number of hydrogen-bond acceptors (Lipinski definition) is 7. The first kappa shape index (κ1) is 13.9. The molecule has 0 amide bonds. The molecule has 3 aromatic rings. The molecule has 8 heteroatoms. The Kier molecular flexibility index (Phi) is 3.64. The van der Waals surface area contributed by atoms with E-state index in [1.165, 1.54) is 17.5 Å². The van der Waals surface area contributed by atoms with Crippen LogP contribution in [0, 0.1) is 11.3 Å². The maximum atomic E-state index is 11.3. The van der Waals surface area contributed by atoms with E-state index < -0.39 is 5.97 Å². The second-order valence-electron chi connectivity index (χ2n) is 4.38. The lowest BCUT2D eigenvalue weighted by molar-refractivity contribution is 0.0693. The van der Waals surface area contributed by atoms with Crippen molar-refractivity contribution in [1.29, 1.82) is 5.26 Å². The minimum Gasteiger partial charge on any atom is -0.476 e. The molecule has 0 saturated heterocycles. The van der Waals surface area contributed by atoms with Gasteiger partial charge in [0.2, 0.25) is 5.95 Å². The average Bonchev–Trinajstić information content (AvgIpc) is 3.00. The van der Waals surface area contributed by atoms with Crippen molar-refractivity contribution in [3.05, 3.63) is 46.7 Å². The molecule has 108 valence electrons. The largest absolute Gasteiger partial charge is 0.476 e. The predicted octanol–water partition coefficient (Wildman–Crippen LogP) is 2.27. The van der Waals surface area contributed by atoms with Crippen molar-refractivity contribution in [1.82, 2.24) is 15.0 Å². The van der Waals surface area contributed by atoms with E-state index in [2.05, 4.69) is 20.3 Å². The molecule has 0 aliphatic heterocycles. The minimum atomic E-state index is -1.09. The standard InChI is InChI=1S/C14H9N5O2S/c15-4-8-3-9(6-16-5-8)7-17-14-18-10-1-2-22-12(10)11(19-14)13(20)21/h1-3,5-6H,7H2,(H,20,21)(H,17,18,19). The second kappa shape index (κ2) is 5.75. The van der Waals surface area contributed by atoms with Gasteiger partial charge < -0.3 is 10.4 Å². The van der Waals surface area contributed by atoms with Crippen LogP contribution in [0.25, 0.3) is 10.2 Å². The van der Waals surface area contributed by atoms with Gasteiger partial charge in [-0.05, 0) is 23.1 Å². The lowest BCUT2D eigenvalue weighted by Crippen LogP contribution is -2.08. The van der Waals surface area contributed by atoms with Crippen LogP contribution in [-0.4, -0.2) is 26.0 Å². The Morgan fingerprint density at radius 1 is 1.41 bits per heavy atom. The zero-order valence-electron chi connectivity index (χ0n) is 11.1. The molecule has 0 fully saturated rings. The molecule has 0 atom stereocenters. The van der Waals surface area contributed by atoms with Crippen LogP contribution < -0.4 is 5.32 Å². The Morgan fingerprint density at radius 2 is 2.27 bits per heavy atom. The third-order valence-electron chi connectivity index (χ3n) is 2.88. The highest BCUT2D eigenvalue weighted by Gasteiger charge is 2.14. The Balaban J connectivity index is 1.87. The Bertz CT molecular complexity index is 900. The number of nitriles is 1. The lowest BCUT2D eigenvalue weighted by Gasteiger charge is -2.06. The number of carbonyl (C=O) groups is 1. The third-order valence-corrected chi connectivity index (χ3v) is 3.79. The molecule has 0 aromatic carbocycles. The van der Waals surface area contributed by atoms with Crippen LogP contribution in [0.15, 0.2) is 29.9 Å². The van der Waals surface area contributed by atoms with Gasteiger partial charge in [-0.25, -0.2) is 14.8 Å². The summed E-state index contributed by atoms with van der Waals surface area (Å²) in [5.74, 6) is -0.864. The number of carboxylic acids is 1. The Hall–Kier alpha value is -3.05. The van der Waals surface area contributed by atoms with E-state index in [1.54, 1.807) is 23.7 Å².